The fourth-order valence-corrected chi connectivity index (χ4v) is 3.74. The molecule has 1 fully saturated rings. The molecule has 2 aromatic carbocycles. The molecule has 0 bridgehead atoms. The van der Waals surface area contributed by atoms with E-state index in [4.69, 9.17) is 11.6 Å². The predicted molar refractivity (Wildman–Crippen MR) is 109 cm³/mol. The summed E-state index contributed by atoms with van der Waals surface area (Å²) in [5, 5.41) is -0.342. The van der Waals surface area contributed by atoms with Crippen LogP contribution in [0, 0.1) is 0 Å². The number of hydrogen-bond acceptors (Lipinski definition) is 2. The first-order chi connectivity index (χ1) is 13.5. The van der Waals surface area contributed by atoms with E-state index in [9.17, 15) is 18.0 Å². The molecule has 1 aliphatic rings. The van der Waals surface area contributed by atoms with Crippen LogP contribution in [0.1, 0.15) is 36.7 Å². The van der Waals surface area contributed by atoms with Gasteiger partial charge in [-0.3, -0.25) is 9.69 Å². The number of rotatable bonds is 2. The highest BCUT2D eigenvalue weighted by Gasteiger charge is 2.33. The summed E-state index contributed by atoms with van der Waals surface area (Å²) in [5.41, 5.74) is 0.557. The molecule has 1 saturated heterocycles. The Balaban J connectivity index is 1.81. The summed E-state index contributed by atoms with van der Waals surface area (Å²) < 4.78 is 39.5. The Kier molecular flexibility index (Phi) is 5.97. The summed E-state index contributed by atoms with van der Waals surface area (Å²) in [7, 11) is 0. The van der Waals surface area contributed by atoms with E-state index in [2.05, 4.69) is 25.7 Å². The number of nitrogens with zero attached hydrogens (tertiary/aromatic N) is 2. The lowest BCUT2D eigenvalue weighted by Gasteiger charge is -2.42. The van der Waals surface area contributed by atoms with Crippen molar-refractivity contribution in [2.75, 3.05) is 26.2 Å². The highest BCUT2D eigenvalue weighted by molar-refractivity contribution is 6.31. The molecule has 0 aliphatic carbocycles. The fraction of sp³-hybridized carbons (Fsp3) is 0.409. The van der Waals surface area contributed by atoms with Crippen molar-refractivity contribution in [3.63, 3.8) is 0 Å². The van der Waals surface area contributed by atoms with Crippen LogP contribution in [0.4, 0.5) is 13.2 Å². The van der Waals surface area contributed by atoms with E-state index in [1.807, 2.05) is 0 Å². The van der Waals surface area contributed by atoms with E-state index in [-0.39, 0.29) is 16.5 Å². The van der Waals surface area contributed by atoms with Crippen LogP contribution in [0.15, 0.2) is 42.5 Å². The van der Waals surface area contributed by atoms with Crippen LogP contribution in [0.2, 0.25) is 5.02 Å². The molecular weight excluding hydrogens is 401 g/mol. The molecule has 29 heavy (non-hydrogen) atoms. The first-order valence-electron chi connectivity index (χ1n) is 9.48. The minimum absolute atomic E-state index is 0.0554. The lowest BCUT2D eigenvalue weighted by atomic mass is 10.00. The maximum Gasteiger partial charge on any atom is 0.417 e. The zero-order chi connectivity index (χ0) is 21.4. The van der Waals surface area contributed by atoms with E-state index in [1.165, 1.54) is 12.1 Å². The normalized spacial score (nSPS) is 16.2. The van der Waals surface area contributed by atoms with E-state index in [1.54, 1.807) is 29.2 Å². The summed E-state index contributed by atoms with van der Waals surface area (Å²) in [6, 6.07) is 10.5. The Morgan fingerprint density at radius 2 is 1.55 bits per heavy atom. The van der Waals surface area contributed by atoms with Gasteiger partial charge in [-0.2, -0.15) is 13.2 Å². The number of carbonyl (C=O) groups is 1. The first kappa shape index (κ1) is 21.7. The zero-order valence-corrected chi connectivity index (χ0v) is 17.4. The minimum Gasteiger partial charge on any atom is -0.336 e. The molecule has 1 amide bonds. The van der Waals surface area contributed by atoms with Gasteiger partial charge in [0.25, 0.3) is 5.91 Å². The van der Waals surface area contributed by atoms with Gasteiger partial charge in [0, 0.05) is 37.3 Å². The molecule has 0 atom stereocenters. The van der Waals surface area contributed by atoms with Crippen molar-refractivity contribution in [2.45, 2.75) is 32.5 Å². The smallest absolute Gasteiger partial charge is 0.336 e. The minimum atomic E-state index is -4.53. The third kappa shape index (κ3) is 4.93. The number of amides is 1. The van der Waals surface area contributed by atoms with Crippen molar-refractivity contribution in [2.24, 2.45) is 0 Å². The summed E-state index contributed by atoms with van der Waals surface area (Å²) in [5.74, 6) is -0.106. The van der Waals surface area contributed by atoms with Crippen molar-refractivity contribution in [3.05, 3.63) is 58.6 Å². The number of hydrogen-bond donors (Lipinski definition) is 0. The maximum atomic E-state index is 13.2. The van der Waals surface area contributed by atoms with Crippen molar-refractivity contribution >= 4 is 17.5 Å². The predicted octanol–water partition coefficient (Wildman–Crippen LogP) is 5.58. The van der Waals surface area contributed by atoms with Crippen molar-refractivity contribution in [1.29, 1.82) is 0 Å². The average Bonchev–Trinajstić information content (AvgIpc) is 2.66. The zero-order valence-electron chi connectivity index (χ0n) is 16.7. The number of carbonyl (C=O) groups excluding carboxylic acids is 1. The summed E-state index contributed by atoms with van der Waals surface area (Å²) >= 11 is 5.71. The van der Waals surface area contributed by atoms with Gasteiger partial charge >= 0.3 is 6.18 Å². The van der Waals surface area contributed by atoms with Crippen LogP contribution < -0.4 is 0 Å². The quantitative estimate of drug-likeness (QED) is 0.628. The molecule has 156 valence electrons. The second-order valence-electron chi connectivity index (χ2n) is 8.22. The summed E-state index contributed by atoms with van der Waals surface area (Å²) in [6.07, 6.45) is -4.53. The van der Waals surface area contributed by atoms with Gasteiger partial charge in [0.15, 0.2) is 0 Å². The topological polar surface area (TPSA) is 23.6 Å². The summed E-state index contributed by atoms with van der Waals surface area (Å²) in [4.78, 5) is 17.1. The van der Waals surface area contributed by atoms with Gasteiger partial charge in [0.05, 0.1) is 10.6 Å². The van der Waals surface area contributed by atoms with Gasteiger partial charge in [0.2, 0.25) is 0 Å². The molecule has 0 radical (unpaired) electrons. The van der Waals surface area contributed by atoms with Crippen LogP contribution >= 0.6 is 11.6 Å². The molecule has 0 spiro atoms. The molecule has 7 heteroatoms. The molecule has 0 N–H and O–H groups in total. The molecule has 2 aromatic rings. The Hall–Kier alpha value is -2.05. The standard InChI is InChI=1S/C22H24ClF3N2O/c1-21(2,3)28-11-9-27(10-12-28)20(29)17-6-4-5-15(13-17)16-7-8-19(23)18(14-16)22(24,25)26/h4-8,13-14H,9-12H2,1-3H3. The average molecular weight is 425 g/mol. The van der Waals surface area contributed by atoms with Crippen molar-refractivity contribution in [3.8, 4) is 11.1 Å². The SMILES string of the molecule is CC(C)(C)N1CCN(C(=O)c2cccc(-c3ccc(Cl)c(C(F)(F)F)c3)c2)CC1. The van der Waals surface area contributed by atoms with Crippen LogP contribution in [0.3, 0.4) is 0 Å². The van der Waals surface area contributed by atoms with Gasteiger partial charge in [-0.25, -0.2) is 0 Å². The van der Waals surface area contributed by atoms with Gasteiger partial charge in [0.1, 0.15) is 0 Å². The van der Waals surface area contributed by atoms with Gasteiger partial charge < -0.3 is 4.90 Å². The van der Waals surface area contributed by atoms with E-state index in [0.717, 1.165) is 19.2 Å². The highest BCUT2D eigenvalue weighted by atomic mass is 35.5. The Labute approximate surface area is 174 Å². The van der Waals surface area contributed by atoms with Gasteiger partial charge in [-0.15, -0.1) is 0 Å². The third-order valence-corrected chi connectivity index (χ3v) is 5.56. The van der Waals surface area contributed by atoms with Gasteiger partial charge in [-0.05, 0) is 56.2 Å². The van der Waals surface area contributed by atoms with Crippen molar-refractivity contribution < 1.29 is 18.0 Å². The van der Waals surface area contributed by atoms with E-state index in [0.29, 0.717) is 29.8 Å². The fourth-order valence-electron chi connectivity index (χ4n) is 3.52. The number of piperazine rings is 1. The second-order valence-corrected chi connectivity index (χ2v) is 8.63. The molecule has 1 aliphatic heterocycles. The highest BCUT2D eigenvalue weighted by Crippen LogP contribution is 2.37. The third-order valence-electron chi connectivity index (χ3n) is 5.23. The van der Waals surface area contributed by atoms with E-state index >= 15 is 0 Å². The molecule has 0 unspecified atom stereocenters. The monoisotopic (exact) mass is 424 g/mol. The van der Waals surface area contributed by atoms with Crippen LogP contribution in [0.25, 0.3) is 11.1 Å². The number of halogens is 4. The van der Waals surface area contributed by atoms with Crippen LogP contribution in [-0.2, 0) is 6.18 Å². The lowest BCUT2D eigenvalue weighted by molar-refractivity contribution is -0.137. The Bertz CT molecular complexity index is 898. The Morgan fingerprint density at radius 3 is 2.14 bits per heavy atom. The molecule has 3 nitrogen and oxygen atoms in total. The molecule has 3 rings (SSSR count). The van der Waals surface area contributed by atoms with E-state index < -0.39 is 11.7 Å². The first-order valence-corrected chi connectivity index (χ1v) is 9.86. The largest absolute Gasteiger partial charge is 0.417 e. The second kappa shape index (κ2) is 8.00. The summed E-state index contributed by atoms with van der Waals surface area (Å²) in [6.45, 7) is 9.28. The maximum absolute atomic E-state index is 13.2. The lowest BCUT2D eigenvalue weighted by Crippen LogP contribution is -2.54. The van der Waals surface area contributed by atoms with Crippen LogP contribution in [-0.4, -0.2) is 47.4 Å². The molecular formula is C22H24ClF3N2O. The van der Waals surface area contributed by atoms with Crippen LogP contribution in [0.5, 0.6) is 0 Å². The number of alkyl halides is 3. The number of benzene rings is 2. The van der Waals surface area contributed by atoms with Gasteiger partial charge in [-0.1, -0.05) is 29.8 Å². The molecule has 0 saturated carbocycles. The molecule has 0 aromatic heterocycles. The Morgan fingerprint density at radius 1 is 0.931 bits per heavy atom. The van der Waals surface area contributed by atoms with Crippen molar-refractivity contribution in [1.82, 2.24) is 9.80 Å². The molecule has 1 heterocycles.